The van der Waals surface area contributed by atoms with Crippen LogP contribution in [0, 0.1) is 31.1 Å². The van der Waals surface area contributed by atoms with Gasteiger partial charge in [0.15, 0.2) is 0 Å². The van der Waals surface area contributed by atoms with Crippen molar-refractivity contribution in [1.82, 2.24) is 0 Å². The molecule has 2 rings (SSSR count). The van der Waals surface area contributed by atoms with Crippen LogP contribution in [0.4, 0.5) is 5.69 Å². The Balaban J connectivity index is 2.38. The lowest BCUT2D eigenvalue weighted by molar-refractivity contribution is 0.241. The van der Waals surface area contributed by atoms with Crippen LogP contribution in [0.5, 0.6) is 0 Å². The Hall–Kier alpha value is -1.49. The zero-order valence-corrected chi connectivity index (χ0v) is 12.5. The zero-order valence-electron chi connectivity index (χ0n) is 12.5. The van der Waals surface area contributed by atoms with Gasteiger partial charge in [-0.05, 0) is 63.6 Å². The molecule has 2 nitrogen and oxygen atoms in total. The van der Waals surface area contributed by atoms with Gasteiger partial charge in [-0.1, -0.05) is 12.1 Å². The summed E-state index contributed by atoms with van der Waals surface area (Å²) in [6.45, 7) is 10.0. The summed E-state index contributed by atoms with van der Waals surface area (Å²) in [5.74, 6) is 0.464. The predicted octanol–water partition coefficient (Wildman–Crippen LogP) is 4.21. The van der Waals surface area contributed by atoms with Gasteiger partial charge in [-0.2, -0.15) is 5.26 Å². The van der Waals surface area contributed by atoms with Crippen molar-refractivity contribution >= 4 is 5.69 Å². The van der Waals surface area contributed by atoms with E-state index in [9.17, 15) is 0 Å². The third kappa shape index (κ3) is 2.47. The fourth-order valence-electron chi connectivity index (χ4n) is 3.28. The Labute approximate surface area is 117 Å². The van der Waals surface area contributed by atoms with Crippen LogP contribution in [0.15, 0.2) is 18.2 Å². The SMILES string of the molecule is Cc1cccc(N2CCCC(CC#N)C2(C)C)c1C. The first-order valence-electron chi connectivity index (χ1n) is 7.19. The van der Waals surface area contributed by atoms with Gasteiger partial charge in [0, 0.05) is 24.2 Å². The fraction of sp³-hybridized carbons (Fsp3) is 0.588. The maximum absolute atomic E-state index is 9.04. The molecule has 0 spiro atoms. The van der Waals surface area contributed by atoms with Crippen LogP contribution >= 0.6 is 0 Å². The van der Waals surface area contributed by atoms with Crippen LogP contribution in [0.2, 0.25) is 0 Å². The zero-order chi connectivity index (χ0) is 14.0. The minimum absolute atomic E-state index is 0.0620. The van der Waals surface area contributed by atoms with Gasteiger partial charge < -0.3 is 4.90 Å². The van der Waals surface area contributed by atoms with E-state index >= 15 is 0 Å². The molecule has 1 unspecified atom stereocenters. The van der Waals surface area contributed by atoms with E-state index in [0.29, 0.717) is 12.3 Å². The number of benzene rings is 1. The molecule has 0 aromatic heterocycles. The van der Waals surface area contributed by atoms with Crippen LogP contribution in [-0.2, 0) is 0 Å². The third-order valence-electron chi connectivity index (χ3n) is 4.83. The van der Waals surface area contributed by atoms with E-state index in [1.54, 1.807) is 0 Å². The molecule has 102 valence electrons. The maximum atomic E-state index is 9.04. The van der Waals surface area contributed by atoms with Crippen molar-refractivity contribution in [2.75, 3.05) is 11.4 Å². The summed E-state index contributed by atoms with van der Waals surface area (Å²) in [6.07, 6.45) is 3.01. The lowest BCUT2D eigenvalue weighted by Crippen LogP contribution is -2.53. The molecule has 0 N–H and O–H groups in total. The van der Waals surface area contributed by atoms with E-state index in [2.05, 4.69) is 56.9 Å². The second kappa shape index (κ2) is 5.25. The van der Waals surface area contributed by atoms with Crippen molar-refractivity contribution in [2.45, 2.75) is 52.5 Å². The maximum Gasteiger partial charge on any atom is 0.0625 e. The fourth-order valence-corrected chi connectivity index (χ4v) is 3.28. The Bertz CT molecular complexity index is 496. The molecule has 2 heteroatoms. The summed E-state index contributed by atoms with van der Waals surface area (Å²) in [5, 5.41) is 9.04. The number of nitrogens with zero attached hydrogens (tertiary/aromatic N) is 2. The summed E-state index contributed by atoms with van der Waals surface area (Å²) >= 11 is 0. The highest BCUT2D eigenvalue weighted by Crippen LogP contribution is 2.39. The summed E-state index contributed by atoms with van der Waals surface area (Å²) < 4.78 is 0. The molecular formula is C17H24N2. The summed E-state index contributed by atoms with van der Waals surface area (Å²) in [5.41, 5.74) is 4.11. The van der Waals surface area contributed by atoms with E-state index in [1.165, 1.54) is 29.7 Å². The van der Waals surface area contributed by atoms with Crippen LogP contribution in [0.25, 0.3) is 0 Å². The highest BCUT2D eigenvalue weighted by Gasteiger charge is 2.38. The number of rotatable bonds is 2. The van der Waals surface area contributed by atoms with Crippen molar-refractivity contribution in [1.29, 1.82) is 5.26 Å². The van der Waals surface area contributed by atoms with Crippen LogP contribution < -0.4 is 4.90 Å². The molecule has 1 heterocycles. The van der Waals surface area contributed by atoms with Crippen molar-refractivity contribution in [3.63, 3.8) is 0 Å². The van der Waals surface area contributed by atoms with Crippen molar-refractivity contribution < 1.29 is 0 Å². The van der Waals surface area contributed by atoms with Gasteiger partial charge in [-0.25, -0.2) is 0 Å². The van der Waals surface area contributed by atoms with E-state index < -0.39 is 0 Å². The van der Waals surface area contributed by atoms with Crippen LogP contribution in [0.1, 0.15) is 44.2 Å². The molecule has 1 saturated heterocycles. The Morgan fingerprint density at radius 2 is 2.11 bits per heavy atom. The van der Waals surface area contributed by atoms with E-state index in [1.807, 2.05) is 0 Å². The van der Waals surface area contributed by atoms with Crippen LogP contribution in [-0.4, -0.2) is 12.1 Å². The number of anilines is 1. The molecule has 0 aliphatic carbocycles. The molecule has 1 fully saturated rings. The van der Waals surface area contributed by atoms with E-state index in [0.717, 1.165) is 6.54 Å². The molecule has 0 bridgehead atoms. The van der Waals surface area contributed by atoms with E-state index in [-0.39, 0.29) is 5.54 Å². The van der Waals surface area contributed by atoms with Gasteiger partial charge in [0.1, 0.15) is 0 Å². The normalized spacial score (nSPS) is 22.1. The Kier molecular flexibility index (Phi) is 3.85. The molecule has 1 aliphatic heterocycles. The molecule has 1 aromatic carbocycles. The first-order chi connectivity index (χ1) is 8.98. The molecule has 0 radical (unpaired) electrons. The standard InChI is InChI=1S/C17H24N2/c1-13-7-5-9-16(14(13)2)19-12-6-8-15(10-11-18)17(19,3)4/h5,7,9,15H,6,8,10,12H2,1-4H3. The summed E-state index contributed by atoms with van der Waals surface area (Å²) in [6, 6.07) is 8.90. The smallest absolute Gasteiger partial charge is 0.0625 e. The van der Waals surface area contributed by atoms with Gasteiger partial charge in [0.05, 0.1) is 6.07 Å². The second-order valence-corrected chi connectivity index (χ2v) is 6.23. The average molecular weight is 256 g/mol. The predicted molar refractivity (Wildman–Crippen MR) is 80.3 cm³/mol. The van der Waals surface area contributed by atoms with Crippen molar-refractivity contribution in [2.24, 2.45) is 5.92 Å². The molecule has 1 atom stereocenters. The molecule has 0 saturated carbocycles. The number of aryl methyl sites for hydroxylation is 1. The lowest BCUT2D eigenvalue weighted by atomic mass is 9.77. The van der Waals surface area contributed by atoms with Gasteiger partial charge in [-0.15, -0.1) is 0 Å². The molecule has 0 amide bonds. The van der Waals surface area contributed by atoms with E-state index in [4.69, 9.17) is 5.26 Å². The number of piperidine rings is 1. The average Bonchev–Trinajstić information content (AvgIpc) is 2.36. The van der Waals surface area contributed by atoms with Gasteiger partial charge in [0.25, 0.3) is 0 Å². The largest absolute Gasteiger partial charge is 0.366 e. The minimum Gasteiger partial charge on any atom is -0.366 e. The first kappa shape index (κ1) is 13.9. The van der Waals surface area contributed by atoms with Gasteiger partial charge in [-0.3, -0.25) is 0 Å². The number of hydrogen-bond donors (Lipinski definition) is 0. The highest BCUT2D eigenvalue weighted by molar-refractivity contribution is 5.58. The molecular weight excluding hydrogens is 232 g/mol. The first-order valence-corrected chi connectivity index (χ1v) is 7.19. The topological polar surface area (TPSA) is 27.0 Å². The van der Waals surface area contributed by atoms with Gasteiger partial charge >= 0.3 is 0 Å². The van der Waals surface area contributed by atoms with Crippen molar-refractivity contribution in [3.05, 3.63) is 29.3 Å². The Morgan fingerprint density at radius 3 is 2.79 bits per heavy atom. The molecule has 1 aliphatic rings. The quantitative estimate of drug-likeness (QED) is 0.792. The van der Waals surface area contributed by atoms with Gasteiger partial charge in [0.2, 0.25) is 0 Å². The monoisotopic (exact) mass is 256 g/mol. The highest BCUT2D eigenvalue weighted by atomic mass is 15.2. The summed E-state index contributed by atoms with van der Waals surface area (Å²) in [4.78, 5) is 2.51. The minimum atomic E-state index is 0.0620. The molecule has 19 heavy (non-hydrogen) atoms. The van der Waals surface area contributed by atoms with Crippen LogP contribution in [0.3, 0.4) is 0 Å². The third-order valence-corrected chi connectivity index (χ3v) is 4.83. The van der Waals surface area contributed by atoms with Crippen molar-refractivity contribution in [3.8, 4) is 6.07 Å². The number of nitriles is 1. The number of hydrogen-bond acceptors (Lipinski definition) is 2. The lowest BCUT2D eigenvalue weighted by Gasteiger charge is -2.49. The molecule has 1 aromatic rings. The second-order valence-electron chi connectivity index (χ2n) is 6.23. The summed E-state index contributed by atoms with van der Waals surface area (Å²) in [7, 11) is 0. The Morgan fingerprint density at radius 1 is 1.37 bits per heavy atom.